The van der Waals surface area contributed by atoms with E-state index in [2.05, 4.69) is 50.2 Å². The molecule has 0 aromatic carbocycles. The van der Waals surface area contributed by atoms with E-state index >= 15 is 0 Å². The predicted molar refractivity (Wildman–Crippen MR) is 72.9 cm³/mol. The van der Waals surface area contributed by atoms with Crippen LogP contribution >= 0.6 is 0 Å². The fourth-order valence-corrected chi connectivity index (χ4v) is 1.45. The molecule has 0 unspecified atom stereocenters. The Bertz CT molecular complexity index is 186. The molecular weight excluding hydrogens is 198 g/mol. The lowest BCUT2D eigenvalue weighted by Gasteiger charge is -2.13. The number of rotatable bonds is 7. The molecular formula is C13H29N3. The number of guanidine groups is 1. The van der Waals surface area contributed by atoms with Crippen LogP contribution in [0.25, 0.3) is 0 Å². The molecule has 96 valence electrons. The summed E-state index contributed by atoms with van der Waals surface area (Å²) in [7, 11) is 0. The van der Waals surface area contributed by atoms with E-state index in [1.807, 2.05) is 0 Å². The van der Waals surface area contributed by atoms with Crippen LogP contribution in [0, 0.1) is 5.92 Å². The van der Waals surface area contributed by atoms with E-state index in [4.69, 9.17) is 0 Å². The SMILES string of the molecule is CCNC(=NCCCCC(C)C)NC(C)C. The van der Waals surface area contributed by atoms with Crippen LogP contribution in [0.1, 0.15) is 53.9 Å². The molecule has 2 N–H and O–H groups in total. The van der Waals surface area contributed by atoms with Crippen molar-refractivity contribution in [3.63, 3.8) is 0 Å². The maximum atomic E-state index is 4.54. The van der Waals surface area contributed by atoms with Gasteiger partial charge in [-0.25, -0.2) is 0 Å². The van der Waals surface area contributed by atoms with Gasteiger partial charge in [0.25, 0.3) is 0 Å². The Balaban J connectivity index is 3.76. The summed E-state index contributed by atoms with van der Waals surface area (Å²) in [5.41, 5.74) is 0. The molecule has 0 rings (SSSR count). The minimum atomic E-state index is 0.438. The highest BCUT2D eigenvalue weighted by Gasteiger charge is 1.99. The molecule has 0 heterocycles. The third-order valence-corrected chi connectivity index (χ3v) is 2.23. The maximum Gasteiger partial charge on any atom is 0.191 e. The molecule has 0 saturated heterocycles. The van der Waals surface area contributed by atoms with Crippen molar-refractivity contribution in [2.45, 2.75) is 59.9 Å². The van der Waals surface area contributed by atoms with Crippen LogP contribution in [0.2, 0.25) is 0 Å². The van der Waals surface area contributed by atoms with Gasteiger partial charge in [0, 0.05) is 19.1 Å². The van der Waals surface area contributed by atoms with Gasteiger partial charge < -0.3 is 10.6 Å². The number of hydrogen-bond acceptors (Lipinski definition) is 1. The second-order valence-corrected chi connectivity index (χ2v) is 4.95. The Kier molecular flexibility index (Phi) is 9.06. The monoisotopic (exact) mass is 227 g/mol. The summed E-state index contributed by atoms with van der Waals surface area (Å²) in [6.45, 7) is 12.7. The molecule has 0 amide bonds. The smallest absolute Gasteiger partial charge is 0.191 e. The molecule has 0 aromatic heterocycles. The Labute approximate surface area is 101 Å². The molecule has 0 saturated carbocycles. The van der Waals surface area contributed by atoms with Crippen LogP contribution in [-0.2, 0) is 0 Å². The van der Waals surface area contributed by atoms with Gasteiger partial charge >= 0.3 is 0 Å². The summed E-state index contributed by atoms with van der Waals surface area (Å²) in [6, 6.07) is 0.438. The molecule has 0 aliphatic heterocycles. The fourth-order valence-electron chi connectivity index (χ4n) is 1.45. The summed E-state index contributed by atoms with van der Waals surface area (Å²) in [5, 5.41) is 6.57. The van der Waals surface area contributed by atoms with Gasteiger partial charge in [0.2, 0.25) is 0 Å². The largest absolute Gasteiger partial charge is 0.357 e. The molecule has 0 atom stereocenters. The van der Waals surface area contributed by atoms with Crippen molar-refractivity contribution >= 4 is 5.96 Å². The lowest BCUT2D eigenvalue weighted by atomic mass is 10.1. The lowest BCUT2D eigenvalue weighted by molar-refractivity contribution is 0.541. The van der Waals surface area contributed by atoms with Crippen LogP contribution < -0.4 is 10.6 Å². The first kappa shape index (κ1) is 15.3. The summed E-state index contributed by atoms with van der Waals surface area (Å²) in [5.74, 6) is 1.76. The van der Waals surface area contributed by atoms with Gasteiger partial charge in [-0.3, -0.25) is 4.99 Å². The van der Waals surface area contributed by atoms with Crippen LogP contribution in [0.3, 0.4) is 0 Å². The first-order valence-corrected chi connectivity index (χ1v) is 6.61. The minimum Gasteiger partial charge on any atom is -0.357 e. The third-order valence-electron chi connectivity index (χ3n) is 2.23. The molecule has 3 heteroatoms. The van der Waals surface area contributed by atoms with Gasteiger partial charge in [-0.15, -0.1) is 0 Å². The highest BCUT2D eigenvalue weighted by Crippen LogP contribution is 2.05. The third kappa shape index (κ3) is 9.81. The fraction of sp³-hybridized carbons (Fsp3) is 0.923. The summed E-state index contributed by atoms with van der Waals surface area (Å²) in [4.78, 5) is 4.54. The quantitative estimate of drug-likeness (QED) is 0.398. The van der Waals surface area contributed by atoms with Crippen molar-refractivity contribution in [3.8, 4) is 0 Å². The molecule has 0 radical (unpaired) electrons. The lowest BCUT2D eigenvalue weighted by Crippen LogP contribution is -2.41. The van der Waals surface area contributed by atoms with Gasteiger partial charge in [0.1, 0.15) is 0 Å². The first-order chi connectivity index (χ1) is 7.56. The maximum absolute atomic E-state index is 4.54. The van der Waals surface area contributed by atoms with Crippen LogP contribution in [0.4, 0.5) is 0 Å². The number of nitrogens with one attached hydrogen (secondary N) is 2. The molecule has 0 bridgehead atoms. The number of hydrogen-bond donors (Lipinski definition) is 2. The predicted octanol–water partition coefficient (Wildman–Crippen LogP) is 2.78. The van der Waals surface area contributed by atoms with Gasteiger partial charge in [-0.05, 0) is 33.1 Å². The zero-order chi connectivity index (χ0) is 12.4. The second kappa shape index (κ2) is 9.49. The second-order valence-electron chi connectivity index (χ2n) is 4.95. The average molecular weight is 227 g/mol. The average Bonchev–Trinajstić information content (AvgIpc) is 2.16. The molecule has 3 nitrogen and oxygen atoms in total. The Morgan fingerprint density at radius 2 is 1.81 bits per heavy atom. The Morgan fingerprint density at radius 3 is 2.31 bits per heavy atom. The molecule has 0 spiro atoms. The van der Waals surface area contributed by atoms with Gasteiger partial charge in [0.15, 0.2) is 5.96 Å². The normalized spacial score (nSPS) is 12.3. The van der Waals surface area contributed by atoms with Gasteiger partial charge in [0.05, 0.1) is 0 Å². The number of unbranched alkanes of at least 4 members (excludes halogenated alkanes) is 1. The highest BCUT2D eigenvalue weighted by molar-refractivity contribution is 5.79. The zero-order valence-corrected chi connectivity index (χ0v) is 11.6. The van der Waals surface area contributed by atoms with E-state index in [9.17, 15) is 0 Å². The zero-order valence-electron chi connectivity index (χ0n) is 11.6. The van der Waals surface area contributed by atoms with Crippen molar-refractivity contribution in [1.82, 2.24) is 10.6 Å². The first-order valence-electron chi connectivity index (χ1n) is 6.61. The van der Waals surface area contributed by atoms with Crippen LogP contribution in [0.5, 0.6) is 0 Å². The van der Waals surface area contributed by atoms with E-state index in [1.54, 1.807) is 0 Å². The Morgan fingerprint density at radius 1 is 1.12 bits per heavy atom. The van der Waals surface area contributed by atoms with Crippen molar-refractivity contribution in [2.75, 3.05) is 13.1 Å². The van der Waals surface area contributed by atoms with Crippen molar-refractivity contribution < 1.29 is 0 Å². The topological polar surface area (TPSA) is 36.4 Å². The standard InChI is InChI=1S/C13H29N3/c1-6-14-13(16-12(4)5)15-10-8-7-9-11(2)3/h11-12H,6-10H2,1-5H3,(H2,14,15,16). The van der Waals surface area contributed by atoms with Crippen molar-refractivity contribution in [2.24, 2.45) is 10.9 Å². The number of nitrogens with zero attached hydrogens (tertiary/aromatic N) is 1. The molecule has 0 fully saturated rings. The van der Waals surface area contributed by atoms with Crippen molar-refractivity contribution in [1.29, 1.82) is 0 Å². The molecule has 0 aliphatic rings. The van der Waals surface area contributed by atoms with Gasteiger partial charge in [-0.2, -0.15) is 0 Å². The van der Waals surface area contributed by atoms with Gasteiger partial charge in [-0.1, -0.05) is 26.7 Å². The number of aliphatic imine (C=N–C) groups is 1. The van der Waals surface area contributed by atoms with Crippen LogP contribution in [0.15, 0.2) is 4.99 Å². The molecule has 0 aromatic rings. The van der Waals surface area contributed by atoms with E-state index in [-0.39, 0.29) is 0 Å². The van der Waals surface area contributed by atoms with E-state index in [0.29, 0.717) is 6.04 Å². The summed E-state index contributed by atoms with van der Waals surface area (Å²) >= 11 is 0. The molecule has 16 heavy (non-hydrogen) atoms. The highest BCUT2D eigenvalue weighted by atomic mass is 15.2. The van der Waals surface area contributed by atoms with E-state index in [1.165, 1.54) is 19.3 Å². The van der Waals surface area contributed by atoms with Crippen molar-refractivity contribution in [3.05, 3.63) is 0 Å². The minimum absolute atomic E-state index is 0.438. The Hall–Kier alpha value is -0.730. The molecule has 0 aliphatic carbocycles. The van der Waals surface area contributed by atoms with E-state index < -0.39 is 0 Å². The van der Waals surface area contributed by atoms with E-state index in [0.717, 1.165) is 25.0 Å². The summed E-state index contributed by atoms with van der Waals surface area (Å²) < 4.78 is 0. The van der Waals surface area contributed by atoms with Crippen LogP contribution in [-0.4, -0.2) is 25.1 Å². The summed E-state index contributed by atoms with van der Waals surface area (Å²) in [6.07, 6.45) is 3.78.